The SMILES string of the molecule is CS(=O)(=O)Nc1cc(C(=O)O)ccc1N1CCN(c2ccc(Cl)cc2)CC1. The van der Waals surface area contributed by atoms with Crippen LogP contribution in [0.15, 0.2) is 42.5 Å². The normalized spacial score (nSPS) is 14.9. The van der Waals surface area contributed by atoms with Crippen LogP contribution in [0.3, 0.4) is 0 Å². The summed E-state index contributed by atoms with van der Waals surface area (Å²) >= 11 is 5.93. The number of sulfonamides is 1. The van der Waals surface area contributed by atoms with Crippen LogP contribution in [0.1, 0.15) is 10.4 Å². The molecule has 2 N–H and O–H groups in total. The Hall–Kier alpha value is -2.45. The number of benzene rings is 2. The van der Waals surface area contributed by atoms with E-state index < -0.39 is 16.0 Å². The maximum atomic E-state index is 11.7. The second-order valence-electron chi connectivity index (χ2n) is 6.36. The Morgan fingerprint density at radius 3 is 2.19 bits per heavy atom. The van der Waals surface area contributed by atoms with Gasteiger partial charge in [0.15, 0.2) is 0 Å². The third kappa shape index (κ3) is 4.84. The third-order valence-electron chi connectivity index (χ3n) is 4.35. The zero-order valence-electron chi connectivity index (χ0n) is 14.7. The summed E-state index contributed by atoms with van der Waals surface area (Å²) in [5.41, 5.74) is 2.05. The topological polar surface area (TPSA) is 89.9 Å². The van der Waals surface area contributed by atoms with E-state index in [4.69, 9.17) is 11.6 Å². The molecule has 3 rings (SSSR count). The Morgan fingerprint density at radius 2 is 1.63 bits per heavy atom. The zero-order chi connectivity index (χ0) is 19.6. The second-order valence-corrected chi connectivity index (χ2v) is 8.55. The first-order chi connectivity index (χ1) is 12.7. The van der Waals surface area contributed by atoms with Gasteiger partial charge in [0, 0.05) is 36.9 Å². The Kier molecular flexibility index (Phi) is 5.48. The second kappa shape index (κ2) is 7.66. The van der Waals surface area contributed by atoms with Gasteiger partial charge in [-0.2, -0.15) is 0 Å². The lowest BCUT2D eigenvalue weighted by Crippen LogP contribution is -2.46. The minimum Gasteiger partial charge on any atom is -0.478 e. The number of hydrogen-bond acceptors (Lipinski definition) is 5. The molecule has 2 aromatic rings. The number of anilines is 3. The van der Waals surface area contributed by atoms with E-state index in [9.17, 15) is 18.3 Å². The van der Waals surface area contributed by atoms with Gasteiger partial charge in [-0.1, -0.05) is 11.6 Å². The van der Waals surface area contributed by atoms with Crippen molar-refractivity contribution in [2.75, 3.05) is 47.0 Å². The van der Waals surface area contributed by atoms with Gasteiger partial charge in [-0.15, -0.1) is 0 Å². The first kappa shape index (κ1) is 19.3. The fourth-order valence-corrected chi connectivity index (χ4v) is 3.77. The van der Waals surface area contributed by atoms with E-state index in [1.54, 1.807) is 6.07 Å². The summed E-state index contributed by atoms with van der Waals surface area (Å²) < 4.78 is 25.8. The Balaban J connectivity index is 1.80. The number of hydrogen-bond donors (Lipinski definition) is 2. The maximum Gasteiger partial charge on any atom is 0.335 e. The van der Waals surface area contributed by atoms with Gasteiger partial charge in [0.1, 0.15) is 0 Å². The minimum absolute atomic E-state index is 0.0321. The van der Waals surface area contributed by atoms with Crippen LogP contribution >= 0.6 is 11.6 Å². The average molecular weight is 410 g/mol. The van der Waals surface area contributed by atoms with E-state index in [2.05, 4.69) is 9.62 Å². The number of carboxylic acids is 1. The number of aromatic carboxylic acids is 1. The maximum absolute atomic E-state index is 11.7. The quantitative estimate of drug-likeness (QED) is 0.789. The summed E-state index contributed by atoms with van der Waals surface area (Å²) in [6, 6.07) is 12.1. The summed E-state index contributed by atoms with van der Waals surface area (Å²) in [7, 11) is -3.53. The predicted molar refractivity (Wildman–Crippen MR) is 108 cm³/mol. The summed E-state index contributed by atoms with van der Waals surface area (Å²) in [4.78, 5) is 15.5. The van der Waals surface area contributed by atoms with Crippen molar-refractivity contribution >= 4 is 44.7 Å². The molecule has 9 heteroatoms. The number of nitrogens with one attached hydrogen (secondary N) is 1. The largest absolute Gasteiger partial charge is 0.478 e. The molecule has 1 saturated heterocycles. The predicted octanol–water partition coefficient (Wildman–Crippen LogP) is 2.74. The summed E-state index contributed by atoms with van der Waals surface area (Å²) in [6.45, 7) is 2.85. The molecule has 7 nitrogen and oxygen atoms in total. The highest BCUT2D eigenvalue weighted by Gasteiger charge is 2.21. The average Bonchev–Trinajstić information content (AvgIpc) is 2.61. The van der Waals surface area contributed by atoms with Crippen molar-refractivity contribution < 1.29 is 18.3 Å². The lowest BCUT2D eigenvalue weighted by atomic mass is 10.1. The highest BCUT2D eigenvalue weighted by molar-refractivity contribution is 7.92. The van der Waals surface area contributed by atoms with Crippen molar-refractivity contribution in [2.45, 2.75) is 0 Å². The number of piperazine rings is 1. The molecule has 1 aliphatic heterocycles. The highest BCUT2D eigenvalue weighted by atomic mass is 35.5. The molecule has 1 aliphatic rings. The molecule has 0 aliphatic carbocycles. The van der Waals surface area contributed by atoms with Crippen LogP contribution in [0.25, 0.3) is 0 Å². The lowest BCUT2D eigenvalue weighted by Gasteiger charge is -2.38. The first-order valence-corrected chi connectivity index (χ1v) is 10.6. The van der Waals surface area contributed by atoms with Crippen LogP contribution in [0.2, 0.25) is 5.02 Å². The van der Waals surface area contributed by atoms with Crippen molar-refractivity contribution in [3.8, 4) is 0 Å². The van der Waals surface area contributed by atoms with Gasteiger partial charge in [-0.3, -0.25) is 4.72 Å². The molecule has 0 amide bonds. The van der Waals surface area contributed by atoms with E-state index in [-0.39, 0.29) is 11.3 Å². The highest BCUT2D eigenvalue weighted by Crippen LogP contribution is 2.30. The molecule has 0 bridgehead atoms. The number of carbonyl (C=O) groups is 1. The molecule has 0 saturated carbocycles. The van der Waals surface area contributed by atoms with Gasteiger partial charge in [0.2, 0.25) is 10.0 Å². The van der Waals surface area contributed by atoms with Gasteiger partial charge in [-0.05, 0) is 42.5 Å². The molecule has 0 radical (unpaired) electrons. The van der Waals surface area contributed by atoms with Crippen molar-refractivity contribution in [1.82, 2.24) is 0 Å². The van der Waals surface area contributed by atoms with Gasteiger partial charge in [0.05, 0.1) is 23.2 Å². The summed E-state index contributed by atoms with van der Waals surface area (Å²) in [5, 5.41) is 9.87. The lowest BCUT2D eigenvalue weighted by molar-refractivity contribution is 0.0697. The molecule has 0 unspecified atom stereocenters. The number of halogens is 1. The molecule has 27 heavy (non-hydrogen) atoms. The van der Waals surface area contributed by atoms with Crippen LogP contribution in [0, 0.1) is 0 Å². The molecule has 1 heterocycles. The van der Waals surface area contributed by atoms with E-state index >= 15 is 0 Å². The van der Waals surface area contributed by atoms with Crippen molar-refractivity contribution in [3.05, 3.63) is 53.1 Å². The van der Waals surface area contributed by atoms with Gasteiger partial charge in [0.25, 0.3) is 0 Å². The zero-order valence-corrected chi connectivity index (χ0v) is 16.3. The molecule has 0 atom stereocenters. The third-order valence-corrected chi connectivity index (χ3v) is 5.19. The van der Waals surface area contributed by atoms with E-state index in [0.717, 1.165) is 25.0 Å². The molecular weight excluding hydrogens is 390 g/mol. The van der Waals surface area contributed by atoms with Gasteiger partial charge < -0.3 is 14.9 Å². The first-order valence-electron chi connectivity index (χ1n) is 8.33. The fourth-order valence-electron chi connectivity index (χ4n) is 3.08. The van der Waals surface area contributed by atoms with Crippen LogP contribution in [0.4, 0.5) is 17.1 Å². The van der Waals surface area contributed by atoms with Crippen LogP contribution in [-0.2, 0) is 10.0 Å². The molecule has 0 aromatic heterocycles. The van der Waals surface area contributed by atoms with Gasteiger partial charge in [-0.25, -0.2) is 13.2 Å². The number of carboxylic acid groups (broad SMARTS) is 1. The summed E-state index contributed by atoms with van der Waals surface area (Å²) in [5.74, 6) is -1.11. The molecule has 1 fully saturated rings. The smallest absolute Gasteiger partial charge is 0.335 e. The Bertz CT molecular complexity index is 940. The molecule has 144 valence electrons. The van der Waals surface area contributed by atoms with Crippen LogP contribution in [-0.4, -0.2) is 51.9 Å². The summed E-state index contributed by atoms with van der Waals surface area (Å²) in [6.07, 6.45) is 1.04. The fraction of sp³-hybridized carbons (Fsp3) is 0.278. The van der Waals surface area contributed by atoms with Crippen LogP contribution in [0.5, 0.6) is 0 Å². The standard InChI is InChI=1S/C18H20ClN3O4S/c1-27(25,26)20-16-12-13(18(23)24)2-7-17(16)22-10-8-21(9-11-22)15-5-3-14(19)4-6-15/h2-7,12,20H,8-11H2,1H3,(H,23,24). The molecule has 2 aromatic carbocycles. The molecular formula is C18H20ClN3O4S. The monoisotopic (exact) mass is 409 g/mol. The number of rotatable bonds is 5. The minimum atomic E-state index is -3.53. The van der Waals surface area contributed by atoms with Crippen LogP contribution < -0.4 is 14.5 Å². The van der Waals surface area contributed by atoms with E-state index in [1.807, 2.05) is 29.2 Å². The van der Waals surface area contributed by atoms with Crippen molar-refractivity contribution in [3.63, 3.8) is 0 Å². The Morgan fingerprint density at radius 1 is 1.04 bits per heavy atom. The Labute approximate surface area is 163 Å². The van der Waals surface area contributed by atoms with Crippen molar-refractivity contribution in [2.24, 2.45) is 0 Å². The van der Waals surface area contributed by atoms with E-state index in [0.29, 0.717) is 23.8 Å². The molecule has 0 spiro atoms. The van der Waals surface area contributed by atoms with E-state index in [1.165, 1.54) is 12.1 Å². The van der Waals surface area contributed by atoms with Gasteiger partial charge >= 0.3 is 5.97 Å². The number of nitrogens with zero attached hydrogens (tertiary/aromatic N) is 2. The van der Waals surface area contributed by atoms with Crippen molar-refractivity contribution in [1.29, 1.82) is 0 Å².